The molecule has 2 N–H and O–H groups in total. The second kappa shape index (κ2) is 5.35. The van der Waals surface area contributed by atoms with Gasteiger partial charge in [-0.25, -0.2) is 0 Å². The molecule has 0 bridgehead atoms. The molecule has 1 aliphatic rings. The van der Waals surface area contributed by atoms with Crippen molar-refractivity contribution in [2.75, 3.05) is 19.3 Å². The van der Waals surface area contributed by atoms with Gasteiger partial charge in [0.25, 0.3) is 0 Å². The summed E-state index contributed by atoms with van der Waals surface area (Å²) in [6, 6.07) is 9.05. The lowest BCUT2D eigenvalue weighted by Gasteiger charge is -2.25. The molecule has 0 spiro atoms. The van der Waals surface area contributed by atoms with Crippen LogP contribution in [0.5, 0.6) is 0 Å². The van der Waals surface area contributed by atoms with Crippen molar-refractivity contribution in [3.63, 3.8) is 0 Å². The third-order valence-electron chi connectivity index (χ3n) is 3.62. The summed E-state index contributed by atoms with van der Waals surface area (Å²) in [6.45, 7) is 1.25. The van der Waals surface area contributed by atoms with E-state index in [2.05, 4.69) is 24.1 Å². The molecule has 1 fully saturated rings. The summed E-state index contributed by atoms with van der Waals surface area (Å²) in [5, 5.41) is 0. The van der Waals surface area contributed by atoms with Gasteiger partial charge in [0.2, 0.25) is 0 Å². The lowest BCUT2D eigenvalue weighted by molar-refractivity contribution is 0.245. The average Bonchev–Trinajstić information content (AvgIpc) is 2.48. The Balaban J connectivity index is 1.99. The van der Waals surface area contributed by atoms with Gasteiger partial charge in [-0.05, 0) is 50.6 Å². The molecule has 88 valence electrons. The molecule has 1 atom stereocenters. The summed E-state index contributed by atoms with van der Waals surface area (Å²) in [4.78, 5) is 2.52. The third kappa shape index (κ3) is 2.99. The van der Waals surface area contributed by atoms with Crippen LogP contribution >= 0.6 is 0 Å². The summed E-state index contributed by atoms with van der Waals surface area (Å²) >= 11 is 0. The molecular formula is C14H22N2. The summed E-state index contributed by atoms with van der Waals surface area (Å²) in [5.74, 6) is 0. The first kappa shape index (κ1) is 11.5. The number of nitrogens with two attached hydrogens (primary N) is 1. The van der Waals surface area contributed by atoms with Crippen LogP contribution in [0, 0.1) is 0 Å². The van der Waals surface area contributed by atoms with Crippen LogP contribution in [0.1, 0.15) is 31.2 Å². The van der Waals surface area contributed by atoms with Gasteiger partial charge < -0.3 is 10.6 Å². The Kier molecular flexibility index (Phi) is 3.83. The number of anilines is 1. The zero-order valence-electron chi connectivity index (χ0n) is 10.2. The number of hydrogen-bond donors (Lipinski definition) is 1. The molecule has 1 aromatic rings. The number of likely N-dealkylation sites (tertiary alicyclic amines) is 1. The Morgan fingerprint density at radius 1 is 1.19 bits per heavy atom. The van der Waals surface area contributed by atoms with Crippen LogP contribution in [0.25, 0.3) is 0 Å². The van der Waals surface area contributed by atoms with Gasteiger partial charge in [-0.2, -0.15) is 0 Å². The molecule has 2 rings (SSSR count). The van der Waals surface area contributed by atoms with Crippen molar-refractivity contribution in [3.8, 4) is 0 Å². The van der Waals surface area contributed by atoms with E-state index >= 15 is 0 Å². The Hall–Kier alpha value is -1.02. The quantitative estimate of drug-likeness (QED) is 0.773. The minimum absolute atomic E-state index is 0.714. The maximum absolute atomic E-state index is 5.70. The van der Waals surface area contributed by atoms with Gasteiger partial charge in [0, 0.05) is 11.7 Å². The molecule has 1 aliphatic heterocycles. The van der Waals surface area contributed by atoms with E-state index in [4.69, 9.17) is 5.73 Å². The molecule has 1 aromatic carbocycles. The highest BCUT2D eigenvalue weighted by Crippen LogP contribution is 2.19. The lowest BCUT2D eigenvalue weighted by atomic mass is 10.0. The standard InChI is InChI=1S/C14H22N2/c1-16-10-4-2-3-5-14(16)11-12-6-8-13(15)9-7-12/h6-9,14H,2-5,10-11,15H2,1H3. The fourth-order valence-electron chi connectivity index (χ4n) is 2.50. The van der Waals surface area contributed by atoms with Crippen LogP contribution < -0.4 is 5.73 Å². The average molecular weight is 218 g/mol. The summed E-state index contributed by atoms with van der Waals surface area (Å²) < 4.78 is 0. The van der Waals surface area contributed by atoms with Crippen LogP contribution in [0.15, 0.2) is 24.3 Å². The highest BCUT2D eigenvalue weighted by Gasteiger charge is 2.17. The molecule has 0 radical (unpaired) electrons. The molecule has 1 unspecified atom stereocenters. The van der Waals surface area contributed by atoms with E-state index in [-0.39, 0.29) is 0 Å². The van der Waals surface area contributed by atoms with Gasteiger partial charge in [-0.1, -0.05) is 25.0 Å². The fraction of sp³-hybridized carbons (Fsp3) is 0.571. The first-order valence-corrected chi connectivity index (χ1v) is 6.30. The van der Waals surface area contributed by atoms with Crippen molar-refractivity contribution in [2.24, 2.45) is 0 Å². The zero-order chi connectivity index (χ0) is 11.4. The summed E-state index contributed by atoms with van der Waals surface area (Å²) in [5.41, 5.74) is 7.97. The second-order valence-corrected chi connectivity index (χ2v) is 4.93. The largest absolute Gasteiger partial charge is 0.399 e. The summed E-state index contributed by atoms with van der Waals surface area (Å²) in [6.07, 6.45) is 6.62. The first-order chi connectivity index (χ1) is 7.75. The van der Waals surface area contributed by atoms with Crippen LogP contribution in [0.2, 0.25) is 0 Å². The van der Waals surface area contributed by atoms with Gasteiger partial charge >= 0.3 is 0 Å². The zero-order valence-corrected chi connectivity index (χ0v) is 10.2. The van der Waals surface area contributed by atoms with Crippen LogP contribution in [0.4, 0.5) is 5.69 Å². The van der Waals surface area contributed by atoms with E-state index in [1.54, 1.807) is 0 Å². The second-order valence-electron chi connectivity index (χ2n) is 4.93. The van der Waals surface area contributed by atoms with E-state index in [0.29, 0.717) is 6.04 Å². The van der Waals surface area contributed by atoms with Gasteiger partial charge in [-0.15, -0.1) is 0 Å². The number of benzene rings is 1. The van der Waals surface area contributed by atoms with Crippen molar-refractivity contribution in [1.82, 2.24) is 4.90 Å². The Morgan fingerprint density at radius 2 is 1.94 bits per heavy atom. The van der Waals surface area contributed by atoms with Crippen molar-refractivity contribution in [3.05, 3.63) is 29.8 Å². The van der Waals surface area contributed by atoms with Crippen molar-refractivity contribution in [2.45, 2.75) is 38.1 Å². The number of rotatable bonds is 2. The monoisotopic (exact) mass is 218 g/mol. The first-order valence-electron chi connectivity index (χ1n) is 6.30. The molecule has 1 saturated heterocycles. The maximum atomic E-state index is 5.70. The van der Waals surface area contributed by atoms with Crippen molar-refractivity contribution >= 4 is 5.69 Å². The van der Waals surface area contributed by atoms with Crippen molar-refractivity contribution in [1.29, 1.82) is 0 Å². The van der Waals surface area contributed by atoms with E-state index in [0.717, 1.165) is 12.1 Å². The van der Waals surface area contributed by atoms with Crippen LogP contribution in [-0.2, 0) is 6.42 Å². The summed E-state index contributed by atoms with van der Waals surface area (Å²) in [7, 11) is 2.26. The van der Waals surface area contributed by atoms with Gasteiger partial charge in [0.15, 0.2) is 0 Å². The van der Waals surface area contributed by atoms with Crippen LogP contribution in [0.3, 0.4) is 0 Å². The molecule has 16 heavy (non-hydrogen) atoms. The van der Waals surface area contributed by atoms with Crippen LogP contribution in [-0.4, -0.2) is 24.5 Å². The topological polar surface area (TPSA) is 29.3 Å². The molecule has 0 amide bonds. The molecule has 0 aliphatic carbocycles. The van der Waals surface area contributed by atoms with E-state index in [9.17, 15) is 0 Å². The normalized spacial score (nSPS) is 22.9. The van der Waals surface area contributed by atoms with E-state index < -0.39 is 0 Å². The Morgan fingerprint density at radius 3 is 2.69 bits per heavy atom. The highest BCUT2D eigenvalue weighted by molar-refractivity contribution is 5.39. The smallest absolute Gasteiger partial charge is 0.0314 e. The predicted molar refractivity (Wildman–Crippen MR) is 69.4 cm³/mol. The fourth-order valence-corrected chi connectivity index (χ4v) is 2.50. The molecule has 2 heteroatoms. The minimum atomic E-state index is 0.714. The van der Waals surface area contributed by atoms with E-state index in [1.165, 1.54) is 37.8 Å². The van der Waals surface area contributed by atoms with E-state index in [1.807, 2.05) is 12.1 Å². The van der Waals surface area contributed by atoms with Gasteiger partial charge in [0.1, 0.15) is 0 Å². The SMILES string of the molecule is CN1CCCCCC1Cc1ccc(N)cc1. The minimum Gasteiger partial charge on any atom is -0.399 e. The molecular weight excluding hydrogens is 196 g/mol. The number of nitrogen functional groups attached to an aromatic ring is 1. The molecule has 0 aromatic heterocycles. The molecule has 0 saturated carbocycles. The molecule has 2 nitrogen and oxygen atoms in total. The third-order valence-corrected chi connectivity index (χ3v) is 3.62. The lowest BCUT2D eigenvalue weighted by Crippen LogP contribution is -2.32. The Bertz CT molecular complexity index is 318. The van der Waals surface area contributed by atoms with Crippen molar-refractivity contribution < 1.29 is 0 Å². The predicted octanol–water partition coefficient (Wildman–Crippen LogP) is 2.69. The Labute approximate surface area is 98.4 Å². The molecule has 1 heterocycles. The maximum Gasteiger partial charge on any atom is 0.0314 e. The van der Waals surface area contributed by atoms with Gasteiger partial charge in [0.05, 0.1) is 0 Å². The number of hydrogen-bond acceptors (Lipinski definition) is 2. The van der Waals surface area contributed by atoms with Gasteiger partial charge in [-0.3, -0.25) is 0 Å². The number of likely N-dealkylation sites (N-methyl/N-ethyl adjacent to an activating group) is 1. The highest BCUT2D eigenvalue weighted by atomic mass is 15.1. The number of nitrogens with zero attached hydrogens (tertiary/aromatic N) is 1.